The molecule has 0 saturated carbocycles. The van der Waals surface area contributed by atoms with E-state index in [2.05, 4.69) is 45.3 Å². The van der Waals surface area contributed by atoms with Gasteiger partial charge >= 0.3 is 0 Å². The van der Waals surface area contributed by atoms with Gasteiger partial charge in [0.15, 0.2) is 0 Å². The van der Waals surface area contributed by atoms with Gasteiger partial charge in [-0.3, -0.25) is 4.90 Å². The number of halogens is 1. The smallest absolute Gasteiger partial charge is 0.0802 e. The molecule has 0 aliphatic heterocycles. The number of hydrogen-bond acceptors (Lipinski definition) is 3. The van der Waals surface area contributed by atoms with Crippen LogP contribution in [0, 0.1) is 0 Å². The first kappa shape index (κ1) is 15.7. The lowest BCUT2D eigenvalue weighted by atomic mass is 10.1. The third-order valence-corrected chi connectivity index (χ3v) is 4.71. The van der Waals surface area contributed by atoms with Gasteiger partial charge < -0.3 is 5.11 Å². The molecule has 0 spiro atoms. The summed E-state index contributed by atoms with van der Waals surface area (Å²) in [4.78, 5) is 3.75. The van der Waals surface area contributed by atoms with Gasteiger partial charge in [-0.05, 0) is 42.1 Å². The number of benzene rings is 1. The van der Waals surface area contributed by atoms with Gasteiger partial charge in [-0.25, -0.2) is 0 Å². The fourth-order valence-electron chi connectivity index (χ4n) is 2.16. The summed E-state index contributed by atoms with van der Waals surface area (Å²) in [6, 6.07) is 12.2. The Morgan fingerprint density at radius 1 is 1.30 bits per heavy atom. The Kier molecular flexibility index (Phi) is 6.23. The minimum Gasteiger partial charge on any atom is -0.388 e. The van der Waals surface area contributed by atoms with Crippen LogP contribution in [-0.2, 0) is 6.54 Å². The number of thiophene rings is 1. The van der Waals surface area contributed by atoms with Crippen LogP contribution in [0.15, 0.2) is 46.3 Å². The molecule has 0 aliphatic carbocycles. The first-order valence-corrected chi connectivity index (χ1v) is 8.54. The number of aliphatic hydroxyl groups excluding tert-OH is 1. The van der Waals surface area contributed by atoms with E-state index in [-0.39, 0.29) is 0 Å². The van der Waals surface area contributed by atoms with E-state index in [1.807, 2.05) is 24.3 Å². The molecule has 0 saturated heterocycles. The maximum Gasteiger partial charge on any atom is 0.0802 e. The Balaban J connectivity index is 1.86. The molecule has 2 aromatic rings. The van der Waals surface area contributed by atoms with E-state index in [1.54, 1.807) is 11.3 Å². The highest BCUT2D eigenvalue weighted by atomic mass is 79.9. The van der Waals surface area contributed by atoms with Crippen molar-refractivity contribution in [2.45, 2.75) is 26.0 Å². The quantitative estimate of drug-likeness (QED) is 0.794. The van der Waals surface area contributed by atoms with Crippen LogP contribution in [-0.4, -0.2) is 23.1 Å². The van der Waals surface area contributed by atoms with Crippen LogP contribution >= 0.6 is 27.3 Å². The Hall–Kier alpha value is -0.680. The summed E-state index contributed by atoms with van der Waals surface area (Å²) in [6.45, 7) is 5.05. The number of hydrogen-bond donors (Lipinski definition) is 1. The minimum atomic E-state index is -0.398. The van der Waals surface area contributed by atoms with Gasteiger partial charge in [0, 0.05) is 22.4 Å². The molecule has 20 heavy (non-hydrogen) atoms. The predicted molar refractivity (Wildman–Crippen MR) is 89.0 cm³/mol. The Morgan fingerprint density at radius 3 is 2.80 bits per heavy atom. The second kappa shape index (κ2) is 7.93. The van der Waals surface area contributed by atoms with Gasteiger partial charge in [0.2, 0.25) is 0 Å². The first-order chi connectivity index (χ1) is 9.69. The van der Waals surface area contributed by atoms with Crippen molar-refractivity contribution in [1.29, 1.82) is 0 Å². The predicted octanol–water partition coefficient (Wildman–Crippen LogP) is 4.46. The molecule has 1 unspecified atom stereocenters. The summed E-state index contributed by atoms with van der Waals surface area (Å²) < 4.78 is 1.01. The van der Waals surface area contributed by atoms with E-state index in [0.717, 1.165) is 36.1 Å². The normalized spacial score (nSPS) is 12.8. The lowest BCUT2D eigenvalue weighted by Crippen LogP contribution is -2.24. The van der Waals surface area contributed by atoms with Crippen molar-refractivity contribution in [3.63, 3.8) is 0 Å². The molecular formula is C16H20BrNOS. The fourth-order valence-corrected chi connectivity index (χ4v) is 3.32. The summed E-state index contributed by atoms with van der Waals surface area (Å²) in [5, 5.41) is 12.4. The van der Waals surface area contributed by atoms with Crippen molar-refractivity contribution in [2.24, 2.45) is 0 Å². The highest BCUT2D eigenvalue weighted by Crippen LogP contribution is 2.21. The van der Waals surface area contributed by atoms with E-state index in [4.69, 9.17) is 0 Å². The standard InChI is InChI=1S/C16H20BrNOS/c1-2-18(12-15-7-4-10-20-15)9-8-16(19)13-5-3-6-14(17)11-13/h3-7,10-11,16,19H,2,8-9,12H2,1H3. The topological polar surface area (TPSA) is 23.5 Å². The minimum absolute atomic E-state index is 0.398. The molecule has 2 nitrogen and oxygen atoms in total. The number of rotatable bonds is 7. The van der Waals surface area contributed by atoms with E-state index >= 15 is 0 Å². The molecule has 4 heteroatoms. The van der Waals surface area contributed by atoms with Gasteiger partial charge in [-0.2, -0.15) is 0 Å². The van der Waals surface area contributed by atoms with Gasteiger partial charge in [0.25, 0.3) is 0 Å². The van der Waals surface area contributed by atoms with E-state index in [0.29, 0.717) is 0 Å². The van der Waals surface area contributed by atoms with E-state index < -0.39 is 6.10 Å². The number of aliphatic hydroxyl groups is 1. The van der Waals surface area contributed by atoms with Crippen molar-refractivity contribution < 1.29 is 5.11 Å². The highest BCUT2D eigenvalue weighted by Gasteiger charge is 2.11. The zero-order valence-electron chi connectivity index (χ0n) is 11.6. The van der Waals surface area contributed by atoms with Crippen LogP contribution in [0.25, 0.3) is 0 Å². The van der Waals surface area contributed by atoms with Crippen molar-refractivity contribution in [1.82, 2.24) is 4.90 Å². The molecule has 0 bridgehead atoms. The molecule has 108 valence electrons. The molecule has 1 N–H and O–H groups in total. The summed E-state index contributed by atoms with van der Waals surface area (Å²) in [7, 11) is 0. The second-order valence-electron chi connectivity index (χ2n) is 4.81. The van der Waals surface area contributed by atoms with Gasteiger partial charge in [-0.15, -0.1) is 11.3 Å². The van der Waals surface area contributed by atoms with Gasteiger partial charge in [-0.1, -0.05) is 41.1 Å². The molecule has 0 aliphatic rings. The average molecular weight is 354 g/mol. The van der Waals surface area contributed by atoms with E-state index in [9.17, 15) is 5.11 Å². The molecule has 1 aromatic carbocycles. The average Bonchev–Trinajstić information content (AvgIpc) is 2.96. The largest absolute Gasteiger partial charge is 0.388 e. The molecule has 0 fully saturated rings. The fraction of sp³-hybridized carbons (Fsp3) is 0.375. The summed E-state index contributed by atoms with van der Waals surface area (Å²) in [6.07, 6.45) is 0.361. The number of nitrogens with zero attached hydrogens (tertiary/aromatic N) is 1. The molecule has 1 aromatic heterocycles. The Bertz CT molecular complexity index is 515. The Morgan fingerprint density at radius 2 is 2.15 bits per heavy atom. The van der Waals surface area contributed by atoms with Gasteiger partial charge in [0.1, 0.15) is 0 Å². The molecule has 2 rings (SSSR count). The molecule has 0 amide bonds. The first-order valence-electron chi connectivity index (χ1n) is 6.87. The van der Waals surface area contributed by atoms with Crippen LogP contribution in [0.3, 0.4) is 0 Å². The molecule has 1 atom stereocenters. The van der Waals surface area contributed by atoms with Crippen molar-refractivity contribution in [3.8, 4) is 0 Å². The Labute approximate surface area is 133 Å². The summed E-state index contributed by atoms with van der Waals surface area (Å²) in [5.74, 6) is 0. The molecular weight excluding hydrogens is 334 g/mol. The third-order valence-electron chi connectivity index (χ3n) is 3.36. The third kappa shape index (κ3) is 4.70. The van der Waals surface area contributed by atoms with Crippen LogP contribution in [0.1, 0.15) is 29.9 Å². The lowest BCUT2D eigenvalue weighted by Gasteiger charge is -2.21. The zero-order chi connectivity index (χ0) is 14.4. The van der Waals surface area contributed by atoms with Crippen molar-refractivity contribution in [3.05, 3.63) is 56.7 Å². The summed E-state index contributed by atoms with van der Waals surface area (Å²) in [5.41, 5.74) is 0.978. The zero-order valence-corrected chi connectivity index (χ0v) is 14.0. The van der Waals surface area contributed by atoms with Crippen molar-refractivity contribution >= 4 is 27.3 Å². The van der Waals surface area contributed by atoms with Gasteiger partial charge in [0.05, 0.1) is 6.10 Å². The molecule has 1 heterocycles. The van der Waals surface area contributed by atoms with E-state index in [1.165, 1.54) is 4.88 Å². The van der Waals surface area contributed by atoms with Crippen LogP contribution in [0.2, 0.25) is 0 Å². The SMILES string of the molecule is CCN(CCC(O)c1cccc(Br)c1)Cc1cccs1. The van der Waals surface area contributed by atoms with Crippen LogP contribution in [0.4, 0.5) is 0 Å². The maximum atomic E-state index is 10.3. The summed E-state index contributed by atoms with van der Waals surface area (Å²) >= 11 is 5.23. The van der Waals surface area contributed by atoms with Crippen molar-refractivity contribution in [2.75, 3.05) is 13.1 Å². The second-order valence-corrected chi connectivity index (χ2v) is 6.76. The monoisotopic (exact) mass is 353 g/mol. The lowest BCUT2D eigenvalue weighted by molar-refractivity contribution is 0.142. The maximum absolute atomic E-state index is 10.3. The highest BCUT2D eigenvalue weighted by molar-refractivity contribution is 9.10. The van der Waals surface area contributed by atoms with Crippen LogP contribution < -0.4 is 0 Å². The molecule has 0 radical (unpaired) electrons. The van der Waals surface area contributed by atoms with Crippen LogP contribution in [0.5, 0.6) is 0 Å².